The molecule has 1 amide bonds. The van der Waals surface area contributed by atoms with Crippen molar-refractivity contribution in [2.24, 2.45) is 0 Å². The molecule has 3 rings (SSSR count). The molecule has 5 nitrogen and oxygen atoms in total. The van der Waals surface area contributed by atoms with Crippen molar-refractivity contribution < 1.29 is 9.59 Å². The SMILES string of the molecule is CCC(C(=O)Nc1cccc(C(C)=O)c1)n1c(=O)cc(C)c2cc(C)cc(C)c21. The molecule has 0 saturated carbocycles. The second kappa shape index (κ2) is 8.03. The number of ketones is 1. The molecule has 2 aromatic carbocycles. The molecule has 150 valence electrons. The van der Waals surface area contributed by atoms with E-state index in [1.807, 2.05) is 33.8 Å². The molecular formula is C24H26N2O3. The first-order valence-electron chi connectivity index (χ1n) is 9.78. The Morgan fingerprint density at radius 1 is 1.03 bits per heavy atom. The lowest BCUT2D eigenvalue weighted by atomic mass is 10.0. The van der Waals surface area contributed by atoms with Gasteiger partial charge in [-0.15, -0.1) is 0 Å². The van der Waals surface area contributed by atoms with E-state index in [9.17, 15) is 14.4 Å². The number of nitrogens with zero attached hydrogens (tertiary/aromatic N) is 1. The number of pyridine rings is 1. The van der Waals surface area contributed by atoms with E-state index < -0.39 is 6.04 Å². The largest absolute Gasteiger partial charge is 0.324 e. The summed E-state index contributed by atoms with van der Waals surface area (Å²) in [5.41, 5.74) is 4.64. The van der Waals surface area contributed by atoms with Crippen LogP contribution >= 0.6 is 0 Å². The Hall–Kier alpha value is -3.21. The molecule has 0 aliphatic rings. The van der Waals surface area contributed by atoms with Crippen LogP contribution in [0.3, 0.4) is 0 Å². The van der Waals surface area contributed by atoms with E-state index in [4.69, 9.17) is 0 Å². The van der Waals surface area contributed by atoms with Crippen LogP contribution in [0.2, 0.25) is 0 Å². The number of anilines is 1. The van der Waals surface area contributed by atoms with Crippen LogP contribution < -0.4 is 10.9 Å². The number of benzene rings is 2. The minimum Gasteiger partial charge on any atom is -0.324 e. The summed E-state index contributed by atoms with van der Waals surface area (Å²) >= 11 is 0. The minimum absolute atomic E-state index is 0.0696. The normalized spacial score (nSPS) is 12.0. The zero-order valence-corrected chi connectivity index (χ0v) is 17.5. The van der Waals surface area contributed by atoms with Crippen molar-refractivity contribution in [2.75, 3.05) is 5.32 Å². The van der Waals surface area contributed by atoms with Gasteiger partial charge in [0.05, 0.1) is 5.52 Å². The van der Waals surface area contributed by atoms with Gasteiger partial charge >= 0.3 is 0 Å². The van der Waals surface area contributed by atoms with Crippen molar-refractivity contribution in [1.82, 2.24) is 4.57 Å². The van der Waals surface area contributed by atoms with Gasteiger partial charge in [-0.1, -0.05) is 30.7 Å². The summed E-state index contributed by atoms with van der Waals surface area (Å²) in [6.45, 7) is 9.27. The van der Waals surface area contributed by atoms with E-state index in [2.05, 4.69) is 11.4 Å². The number of amides is 1. The summed E-state index contributed by atoms with van der Waals surface area (Å²) in [4.78, 5) is 37.7. The highest BCUT2D eigenvalue weighted by Crippen LogP contribution is 2.26. The lowest BCUT2D eigenvalue weighted by Gasteiger charge is -2.22. The first kappa shape index (κ1) is 20.5. The third-order valence-electron chi connectivity index (χ3n) is 5.23. The van der Waals surface area contributed by atoms with Gasteiger partial charge in [0.25, 0.3) is 5.56 Å². The molecule has 29 heavy (non-hydrogen) atoms. The van der Waals surface area contributed by atoms with Gasteiger partial charge in [0.1, 0.15) is 6.04 Å². The quantitative estimate of drug-likeness (QED) is 0.641. The zero-order valence-electron chi connectivity index (χ0n) is 17.5. The summed E-state index contributed by atoms with van der Waals surface area (Å²) in [5, 5.41) is 3.85. The average molecular weight is 390 g/mol. The van der Waals surface area contributed by atoms with Gasteiger partial charge < -0.3 is 5.32 Å². The molecule has 0 bridgehead atoms. The van der Waals surface area contributed by atoms with E-state index in [-0.39, 0.29) is 17.2 Å². The molecule has 1 unspecified atom stereocenters. The van der Waals surface area contributed by atoms with Crippen LogP contribution in [-0.2, 0) is 4.79 Å². The molecule has 1 atom stereocenters. The van der Waals surface area contributed by atoms with Crippen molar-refractivity contribution in [3.63, 3.8) is 0 Å². The van der Waals surface area contributed by atoms with Crippen LogP contribution in [0.15, 0.2) is 47.3 Å². The maximum atomic E-state index is 13.1. The van der Waals surface area contributed by atoms with Crippen molar-refractivity contribution in [2.45, 2.75) is 47.1 Å². The number of nitrogens with one attached hydrogen (secondary N) is 1. The fraction of sp³-hybridized carbons (Fsp3) is 0.292. The summed E-state index contributed by atoms with van der Waals surface area (Å²) < 4.78 is 1.60. The van der Waals surface area contributed by atoms with Crippen LogP contribution in [0.4, 0.5) is 5.69 Å². The third kappa shape index (κ3) is 3.99. The number of fused-ring (bicyclic) bond motifs is 1. The fourth-order valence-corrected chi connectivity index (χ4v) is 3.86. The van der Waals surface area contributed by atoms with Gasteiger partial charge in [0.2, 0.25) is 5.91 Å². The maximum Gasteiger partial charge on any atom is 0.252 e. The highest BCUT2D eigenvalue weighted by atomic mass is 16.2. The van der Waals surface area contributed by atoms with Crippen LogP contribution in [0.1, 0.15) is 53.4 Å². The topological polar surface area (TPSA) is 68.2 Å². The second-order valence-corrected chi connectivity index (χ2v) is 7.56. The second-order valence-electron chi connectivity index (χ2n) is 7.56. The van der Waals surface area contributed by atoms with Crippen LogP contribution in [0, 0.1) is 20.8 Å². The number of carbonyl (C=O) groups excluding carboxylic acids is 2. The van der Waals surface area contributed by atoms with Crippen LogP contribution in [-0.4, -0.2) is 16.3 Å². The van der Waals surface area contributed by atoms with Gasteiger partial charge in [-0.3, -0.25) is 19.0 Å². The van der Waals surface area contributed by atoms with E-state index in [0.29, 0.717) is 17.7 Å². The number of carbonyl (C=O) groups is 2. The maximum absolute atomic E-state index is 13.1. The fourth-order valence-electron chi connectivity index (χ4n) is 3.86. The molecule has 1 heterocycles. The highest BCUT2D eigenvalue weighted by Gasteiger charge is 2.23. The first-order valence-corrected chi connectivity index (χ1v) is 9.78. The van der Waals surface area contributed by atoms with Gasteiger partial charge in [0.15, 0.2) is 5.78 Å². The van der Waals surface area contributed by atoms with Crippen molar-refractivity contribution in [1.29, 1.82) is 0 Å². The Morgan fingerprint density at radius 2 is 1.76 bits per heavy atom. The number of aryl methyl sites for hydroxylation is 3. The predicted molar refractivity (Wildman–Crippen MR) is 117 cm³/mol. The van der Waals surface area contributed by atoms with Gasteiger partial charge in [-0.2, -0.15) is 0 Å². The highest BCUT2D eigenvalue weighted by molar-refractivity contribution is 5.98. The lowest BCUT2D eigenvalue weighted by molar-refractivity contribution is -0.119. The van der Waals surface area contributed by atoms with Gasteiger partial charge in [-0.05, 0) is 63.4 Å². The molecule has 0 spiro atoms. The van der Waals surface area contributed by atoms with Gasteiger partial charge in [-0.25, -0.2) is 0 Å². The molecule has 0 fully saturated rings. The molecule has 0 saturated heterocycles. The van der Waals surface area contributed by atoms with Crippen LogP contribution in [0.25, 0.3) is 10.9 Å². The smallest absolute Gasteiger partial charge is 0.252 e. The molecule has 0 aliphatic heterocycles. The van der Waals surface area contributed by atoms with Gasteiger partial charge in [0, 0.05) is 22.7 Å². The Bertz CT molecular complexity index is 1170. The number of hydrogen-bond donors (Lipinski definition) is 1. The first-order chi connectivity index (χ1) is 13.7. The molecule has 3 aromatic rings. The predicted octanol–water partition coefficient (Wildman–Crippen LogP) is 4.72. The van der Waals surface area contributed by atoms with E-state index >= 15 is 0 Å². The van der Waals surface area contributed by atoms with E-state index in [0.717, 1.165) is 27.6 Å². The Balaban J connectivity index is 2.10. The summed E-state index contributed by atoms with van der Waals surface area (Å²) in [7, 11) is 0. The molecule has 5 heteroatoms. The number of aromatic nitrogens is 1. The minimum atomic E-state index is -0.659. The monoisotopic (exact) mass is 390 g/mol. The Labute approximate surface area is 170 Å². The van der Waals surface area contributed by atoms with Crippen LogP contribution in [0.5, 0.6) is 0 Å². The van der Waals surface area contributed by atoms with Crippen molar-refractivity contribution >= 4 is 28.3 Å². The Morgan fingerprint density at radius 3 is 2.41 bits per heavy atom. The van der Waals surface area contributed by atoms with E-state index in [1.165, 1.54) is 6.92 Å². The molecule has 0 aliphatic carbocycles. The number of rotatable bonds is 5. The molecular weight excluding hydrogens is 364 g/mol. The molecule has 0 radical (unpaired) electrons. The average Bonchev–Trinajstić information content (AvgIpc) is 2.65. The zero-order chi connectivity index (χ0) is 21.3. The third-order valence-corrected chi connectivity index (χ3v) is 5.23. The summed E-state index contributed by atoms with van der Waals surface area (Å²) in [6, 6.07) is 11.8. The Kier molecular flexibility index (Phi) is 5.69. The van der Waals surface area contributed by atoms with Crippen molar-refractivity contribution in [3.05, 3.63) is 75.1 Å². The standard InChI is InChI=1S/C24H26N2O3/c1-6-21(24(29)25-19-9-7-8-18(13-19)17(5)27)26-22(28)12-15(3)20-11-14(2)10-16(4)23(20)26/h7-13,21H,6H2,1-5H3,(H,25,29). The van der Waals surface area contributed by atoms with E-state index in [1.54, 1.807) is 34.9 Å². The number of Topliss-reactive ketones (excluding diaryl/α,β-unsaturated/α-hetero) is 1. The molecule has 1 N–H and O–H groups in total. The summed E-state index contributed by atoms with van der Waals surface area (Å²) in [6.07, 6.45) is 0.462. The number of hydrogen-bond acceptors (Lipinski definition) is 3. The summed E-state index contributed by atoms with van der Waals surface area (Å²) in [5.74, 6) is -0.347. The van der Waals surface area contributed by atoms with Crippen molar-refractivity contribution in [3.8, 4) is 0 Å². The lowest BCUT2D eigenvalue weighted by Crippen LogP contribution is -2.33. The molecule has 1 aromatic heterocycles.